The van der Waals surface area contributed by atoms with Crippen molar-refractivity contribution in [3.63, 3.8) is 0 Å². The van der Waals surface area contributed by atoms with Crippen LogP contribution in [0.3, 0.4) is 0 Å². The van der Waals surface area contributed by atoms with E-state index >= 15 is 0 Å². The third-order valence-corrected chi connectivity index (χ3v) is 9.73. The molecule has 2 heterocycles. The number of carbonyl (C=O) groups is 3. The molecule has 2 N–H and O–H groups in total. The third kappa shape index (κ3) is 5.08. The van der Waals surface area contributed by atoms with Crippen LogP contribution < -0.4 is 15.4 Å². The average molecular weight is 526 g/mol. The van der Waals surface area contributed by atoms with Gasteiger partial charge in [0.05, 0.1) is 18.7 Å². The maximum Gasteiger partial charge on any atom is 0.258 e. The minimum absolute atomic E-state index is 0.0151. The van der Waals surface area contributed by atoms with E-state index < -0.39 is 23.7 Å². The summed E-state index contributed by atoms with van der Waals surface area (Å²) in [6.07, 6.45) is 14.6. The molecule has 1 atom stereocenters. The Hall–Kier alpha value is -2.48. The van der Waals surface area contributed by atoms with Gasteiger partial charge < -0.3 is 15.0 Å². The van der Waals surface area contributed by atoms with Crippen LogP contribution in [0, 0.1) is 23.6 Å². The normalized spacial score (nSPS) is 31.6. The quantitative estimate of drug-likeness (QED) is 0.329. The van der Waals surface area contributed by atoms with Gasteiger partial charge in [0.1, 0.15) is 17.6 Å². The van der Waals surface area contributed by atoms with E-state index in [1.54, 1.807) is 6.07 Å². The zero-order chi connectivity index (χ0) is 26.3. The van der Waals surface area contributed by atoms with E-state index in [0.29, 0.717) is 23.5 Å². The van der Waals surface area contributed by atoms with Gasteiger partial charge in [-0.1, -0.05) is 19.3 Å². The molecule has 1 saturated heterocycles. The van der Waals surface area contributed by atoms with Gasteiger partial charge in [-0.05, 0) is 94.2 Å². The number of amides is 3. The van der Waals surface area contributed by atoms with Gasteiger partial charge in [0.15, 0.2) is 0 Å². The van der Waals surface area contributed by atoms with E-state index in [1.807, 2.05) is 0 Å². The molecule has 38 heavy (non-hydrogen) atoms. The first kappa shape index (κ1) is 25.8. The van der Waals surface area contributed by atoms with Crippen LogP contribution in [0.2, 0.25) is 0 Å². The van der Waals surface area contributed by atoms with E-state index in [1.165, 1.54) is 62.3 Å². The van der Waals surface area contributed by atoms with Crippen LogP contribution >= 0.6 is 0 Å². The SMILES string of the molecule is O=C1CCC(N2Cc3c(OCCCCCCCNC45CC6CC(CC(C6)C4)C5)ccc(F)c3C2=O)C(=O)N1. The molecule has 1 aromatic carbocycles. The number of piperidine rings is 1. The molecule has 4 bridgehead atoms. The van der Waals surface area contributed by atoms with Crippen LogP contribution in [0.4, 0.5) is 4.39 Å². The Morgan fingerprint density at radius 1 is 0.974 bits per heavy atom. The van der Waals surface area contributed by atoms with Crippen molar-refractivity contribution < 1.29 is 23.5 Å². The Bertz CT molecular complexity index is 1070. The maximum absolute atomic E-state index is 14.6. The maximum atomic E-state index is 14.6. The van der Waals surface area contributed by atoms with Crippen LogP contribution in [0.1, 0.15) is 99.4 Å². The molecule has 206 valence electrons. The van der Waals surface area contributed by atoms with Crippen LogP contribution in [-0.2, 0) is 16.1 Å². The van der Waals surface area contributed by atoms with Crippen LogP contribution in [-0.4, -0.2) is 47.4 Å². The highest BCUT2D eigenvalue weighted by Gasteiger charge is 2.50. The van der Waals surface area contributed by atoms with Crippen LogP contribution in [0.15, 0.2) is 12.1 Å². The van der Waals surface area contributed by atoms with Gasteiger partial charge in [-0.25, -0.2) is 4.39 Å². The summed E-state index contributed by atoms with van der Waals surface area (Å²) >= 11 is 0. The van der Waals surface area contributed by atoms with Crippen molar-refractivity contribution in [1.82, 2.24) is 15.5 Å². The number of nitrogens with zero attached hydrogens (tertiary/aromatic N) is 1. The molecular formula is C30H40FN3O4. The summed E-state index contributed by atoms with van der Waals surface area (Å²) in [5.74, 6) is 1.49. The van der Waals surface area contributed by atoms with Gasteiger partial charge in [0, 0.05) is 17.5 Å². The summed E-state index contributed by atoms with van der Waals surface area (Å²) in [5, 5.41) is 6.26. The van der Waals surface area contributed by atoms with E-state index in [4.69, 9.17) is 4.74 Å². The standard InChI is InChI=1S/C30H40FN3O4/c31-23-6-8-25(22-18-34(29(37)27(22)23)24-7-9-26(35)33-28(24)36)38-11-5-3-1-2-4-10-32-30-15-19-12-20(16-30)14-21(13-19)17-30/h6,8,19-21,24,32H,1-5,7,9-18H2,(H,33,35,36). The van der Waals surface area contributed by atoms with Gasteiger partial charge in [-0.2, -0.15) is 0 Å². The number of unbranched alkanes of at least 4 members (excludes halogenated alkanes) is 4. The number of hydrogen-bond donors (Lipinski definition) is 2. The average Bonchev–Trinajstić information content (AvgIpc) is 3.21. The molecule has 5 fully saturated rings. The molecule has 4 aliphatic carbocycles. The summed E-state index contributed by atoms with van der Waals surface area (Å²) in [6, 6.07) is 2.07. The number of halogens is 1. The second-order valence-electron chi connectivity index (χ2n) is 12.5. The van der Waals surface area contributed by atoms with Crippen LogP contribution in [0.5, 0.6) is 5.75 Å². The Labute approximate surface area is 224 Å². The Morgan fingerprint density at radius 2 is 1.66 bits per heavy atom. The topological polar surface area (TPSA) is 87.7 Å². The second-order valence-corrected chi connectivity index (χ2v) is 12.5. The molecule has 2 aliphatic heterocycles. The lowest BCUT2D eigenvalue weighted by Crippen LogP contribution is -2.58. The zero-order valence-corrected chi connectivity index (χ0v) is 22.2. The molecule has 3 amide bonds. The smallest absolute Gasteiger partial charge is 0.258 e. The number of rotatable bonds is 11. The van der Waals surface area contributed by atoms with Gasteiger partial charge in [0.2, 0.25) is 11.8 Å². The van der Waals surface area contributed by atoms with Crippen molar-refractivity contribution >= 4 is 17.7 Å². The molecule has 0 radical (unpaired) electrons. The molecule has 0 aromatic heterocycles. The van der Waals surface area contributed by atoms with E-state index in [9.17, 15) is 18.8 Å². The fourth-order valence-electron chi connectivity index (χ4n) is 8.36. The molecular weight excluding hydrogens is 485 g/mol. The van der Waals surface area contributed by atoms with Gasteiger partial charge in [0.25, 0.3) is 5.91 Å². The minimum atomic E-state index is -0.766. The van der Waals surface area contributed by atoms with Crippen molar-refractivity contribution in [2.24, 2.45) is 17.8 Å². The molecule has 0 spiro atoms. The van der Waals surface area contributed by atoms with Crippen molar-refractivity contribution in [2.75, 3.05) is 13.2 Å². The number of benzene rings is 1. The molecule has 7 rings (SSSR count). The van der Waals surface area contributed by atoms with Crippen molar-refractivity contribution in [1.29, 1.82) is 0 Å². The highest BCUT2D eigenvalue weighted by molar-refractivity contribution is 6.05. The number of hydrogen-bond acceptors (Lipinski definition) is 5. The summed E-state index contributed by atoms with van der Waals surface area (Å²) < 4.78 is 20.5. The first-order chi connectivity index (χ1) is 18.4. The number of ether oxygens (including phenoxy) is 1. The molecule has 8 heteroatoms. The predicted octanol–water partition coefficient (Wildman–Crippen LogP) is 4.47. The number of fused-ring (bicyclic) bond motifs is 1. The largest absolute Gasteiger partial charge is 0.493 e. The van der Waals surface area contributed by atoms with Crippen LogP contribution in [0.25, 0.3) is 0 Å². The summed E-state index contributed by atoms with van der Waals surface area (Å²) in [6.45, 7) is 1.75. The van der Waals surface area contributed by atoms with E-state index in [2.05, 4.69) is 10.6 Å². The molecule has 7 nitrogen and oxygen atoms in total. The summed E-state index contributed by atoms with van der Waals surface area (Å²) in [4.78, 5) is 38.1. The summed E-state index contributed by atoms with van der Waals surface area (Å²) in [5.41, 5.74) is 0.932. The molecule has 1 unspecified atom stereocenters. The van der Waals surface area contributed by atoms with Crippen molar-refractivity contribution in [3.05, 3.63) is 29.1 Å². The predicted molar refractivity (Wildman–Crippen MR) is 140 cm³/mol. The van der Waals surface area contributed by atoms with Gasteiger partial charge in [-0.15, -0.1) is 0 Å². The second kappa shape index (κ2) is 10.6. The number of nitrogens with one attached hydrogen (secondary N) is 2. The van der Waals surface area contributed by atoms with E-state index in [-0.39, 0.29) is 30.9 Å². The minimum Gasteiger partial charge on any atom is -0.493 e. The van der Waals surface area contributed by atoms with Crippen molar-refractivity contribution in [3.8, 4) is 5.75 Å². The Kier molecular flexibility index (Phi) is 7.18. The fourth-order valence-corrected chi connectivity index (χ4v) is 8.36. The molecule has 1 aromatic rings. The van der Waals surface area contributed by atoms with Crippen molar-refractivity contribution in [2.45, 2.75) is 102 Å². The summed E-state index contributed by atoms with van der Waals surface area (Å²) in [7, 11) is 0. The van der Waals surface area contributed by atoms with E-state index in [0.717, 1.165) is 43.6 Å². The molecule has 6 aliphatic rings. The lowest BCUT2D eigenvalue weighted by atomic mass is 9.53. The lowest BCUT2D eigenvalue weighted by molar-refractivity contribution is -0.136. The first-order valence-corrected chi connectivity index (χ1v) is 14.7. The number of imide groups is 1. The number of carbonyl (C=O) groups excluding carboxylic acids is 3. The molecule has 4 saturated carbocycles. The van der Waals surface area contributed by atoms with Gasteiger partial charge >= 0.3 is 0 Å². The monoisotopic (exact) mass is 525 g/mol. The Balaban J connectivity index is 0.917. The highest BCUT2D eigenvalue weighted by atomic mass is 19.1. The van der Waals surface area contributed by atoms with Gasteiger partial charge in [-0.3, -0.25) is 19.7 Å². The lowest BCUT2D eigenvalue weighted by Gasteiger charge is -2.57. The fraction of sp³-hybridized carbons (Fsp3) is 0.700. The zero-order valence-electron chi connectivity index (χ0n) is 22.2. The highest BCUT2D eigenvalue weighted by Crippen LogP contribution is 2.55. The Morgan fingerprint density at radius 3 is 2.37 bits per heavy atom. The third-order valence-electron chi connectivity index (χ3n) is 9.73. The first-order valence-electron chi connectivity index (χ1n) is 14.7.